The Morgan fingerprint density at radius 2 is 2.05 bits per heavy atom. The Labute approximate surface area is 111 Å². The lowest BCUT2D eigenvalue weighted by molar-refractivity contribution is 0.0480. The van der Waals surface area contributed by atoms with E-state index in [1.807, 2.05) is 0 Å². The Hall–Kier alpha value is -1.74. The van der Waals surface area contributed by atoms with E-state index in [2.05, 4.69) is 25.2 Å². The van der Waals surface area contributed by atoms with Gasteiger partial charge in [-0.25, -0.2) is 0 Å². The maximum Gasteiger partial charge on any atom is 0.121 e. The van der Waals surface area contributed by atoms with Crippen molar-refractivity contribution in [2.24, 2.45) is 11.3 Å². The summed E-state index contributed by atoms with van der Waals surface area (Å²) in [6.45, 7) is 2.82. The Bertz CT molecular complexity index is 629. The zero-order valence-corrected chi connectivity index (χ0v) is 10.8. The molecule has 1 aromatic carbocycles. The van der Waals surface area contributed by atoms with Gasteiger partial charge in [-0.15, -0.1) is 0 Å². The van der Waals surface area contributed by atoms with Crippen LogP contribution in [0.2, 0.25) is 0 Å². The first kappa shape index (κ1) is 11.1. The number of phenols is 2. The van der Waals surface area contributed by atoms with Gasteiger partial charge in [0.15, 0.2) is 0 Å². The summed E-state index contributed by atoms with van der Waals surface area (Å²) in [5.74, 6) is 0.765. The summed E-state index contributed by atoms with van der Waals surface area (Å²) in [6.07, 6.45) is 7.01. The number of allylic oxidation sites excluding steroid dienone is 3. The third kappa shape index (κ3) is 1.31. The number of fused-ring (bicyclic) bond motifs is 2. The van der Waals surface area contributed by atoms with Crippen LogP contribution in [-0.4, -0.2) is 16.8 Å². The predicted octanol–water partition coefficient (Wildman–Crippen LogP) is 2.84. The molecule has 3 atom stereocenters. The van der Waals surface area contributed by atoms with E-state index in [0.717, 1.165) is 17.5 Å². The van der Waals surface area contributed by atoms with Crippen LogP contribution in [-0.2, 0) is 11.2 Å². The van der Waals surface area contributed by atoms with E-state index in [-0.39, 0.29) is 28.9 Å². The van der Waals surface area contributed by atoms with Crippen molar-refractivity contribution < 1.29 is 14.9 Å². The van der Waals surface area contributed by atoms with Crippen molar-refractivity contribution in [1.82, 2.24) is 0 Å². The van der Waals surface area contributed by atoms with Gasteiger partial charge in [0.05, 0.1) is 12.7 Å². The zero-order valence-electron chi connectivity index (χ0n) is 10.8. The van der Waals surface area contributed by atoms with Crippen molar-refractivity contribution in [3.8, 4) is 11.5 Å². The maximum absolute atomic E-state index is 10.1. The Morgan fingerprint density at radius 1 is 1.26 bits per heavy atom. The minimum atomic E-state index is -0.142. The van der Waals surface area contributed by atoms with Gasteiger partial charge in [0.1, 0.15) is 11.5 Å². The molecule has 1 saturated heterocycles. The van der Waals surface area contributed by atoms with Crippen LogP contribution >= 0.6 is 0 Å². The first-order valence-corrected chi connectivity index (χ1v) is 6.64. The van der Waals surface area contributed by atoms with Crippen molar-refractivity contribution in [2.75, 3.05) is 6.61 Å². The molecule has 1 heterocycles. The summed E-state index contributed by atoms with van der Waals surface area (Å²) in [6, 6.07) is 3.12. The van der Waals surface area contributed by atoms with Crippen molar-refractivity contribution in [3.05, 3.63) is 47.1 Å². The number of hydrogen-bond donors (Lipinski definition) is 2. The molecule has 0 aromatic heterocycles. The van der Waals surface area contributed by atoms with Gasteiger partial charge in [-0.3, -0.25) is 0 Å². The molecule has 1 aromatic rings. The van der Waals surface area contributed by atoms with Gasteiger partial charge in [0, 0.05) is 17.0 Å². The highest BCUT2D eigenvalue weighted by Gasteiger charge is 2.51. The molecule has 0 amide bonds. The molecule has 2 N–H and O–H groups in total. The van der Waals surface area contributed by atoms with E-state index in [9.17, 15) is 10.2 Å². The van der Waals surface area contributed by atoms with E-state index in [1.54, 1.807) is 12.1 Å². The van der Waals surface area contributed by atoms with Crippen LogP contribution in [0.3, 0.4) is 0 Å². The maximum atomic E-state index is 10.1. The fourth-order valence-electron chi connectivity index (χ4n) is 3.93. The number of rotatable bonds is 0. The lowest BCUT2D eigenvalue weighted by atomic mass is 9.61. The highest BCUT2D eigenvalue weighted by atomic mass is 16.5. The van der Waals surface area contributed by atoms with E-state index >= 15 is 0 Å². The van der Waals surface area contributed by atoms with Crippen molar-refractivity contribution in [3.63, 3.8) is 0 Å². The van der Waals surface area contributed by atoms with Gasteiger partial charge in [-0.05, 0) is 29.5 Å². The second-order valence-corrected chi connectivity index (χ2v) is 5.99. The molecular weight excluding hydrogens is 240 g/mol. The molecule has 0 radical (unpaired) electrons. The summed E-state index contributed by atoms with van der Waals surface area (Å²) in [5, 5.41) is 20.3. The molecule has 1 aliphatic heterocycles. The van der Waals surface area contributed by atoms with Crippen molar-refractivity contribution in [2.45, 2.75) is 19.4 Å². The Morgan fingerprint density at radius 3 is 2.89 bits per heavy atom. The SMILES string of the molecule is CC12C=CC=C3COC(c4c(O)ccc(O)c4C1)C32. The van der Waals surface area contributed by atoms with Gasteiger partial charge in [0.2, 0.25) is 0 Å². The molecule has 19 heavy (non-hydrogen) atoms. The molecule has 1 fully saturated rings. The second kappa shape index (κ2) is 3.42. The van der Waals surface area contributed by atoms with E-state index in [4.69, 9.17) is 4.74 Å². The fourth-order valence-corrected chi connectivity index (χ4v) is 3.93. The minimum Gasteiger partial charge on any atom is -0.508 e. The lowest BCUT2D eigenvalue weighted by Gasteiger charge is -2.43. The van der Waals surface area contributed by atoms with Crippen LogP contribution in [0.25, 0.3) is 0 Å². The van der Waals surface area contributed by atoms with Crippen LogP contribution < -0.4 is 0 Å². The number of benzene rings is 1. The standard InChI is InChI=1S/C16H16O3/c1-16-6-2-3-9-8-19-15(14(9)16)13-10(7-16)11(17)4-5-12(13)18/h2-6,14-15,17-18H,7-8H2,1H3. The molecular formula is C16H16O3. The number of hydrogen-bond acceptors (Lipinski definition) is 3. The smallest absolute Gasteiger partial charge is 0.121 e. The van der Waals surface area contributed by atoms with Crippen LogP contribution in [0.4, 0.5) is 0 Å². The first-order chi connectivity index (χ1) is 9.10. The van der Waals surface area contributed by atoms with Crippen LogP contribution in [0.1, 0.15) is 24.2 Å². The monoisotopic (exact) mass is 256 g/mol. The van der Waals surface area contributed by atoms with Crippen molar-refractivity contribution in [1.29, 1.82) is 0 Å². The van der Waals surface area contributed by atoms with Crippen molar-refractivity contribution >= 4 is 0 Å². The molecule has 3 unspecified atom stereocenters. The zero-order chi connectivity index (χ0) is 13.2. The molecule has 98 valence electrons. The molecule has 0 saturated carbocycles. The summed E-state index contributed by atoms with van der Waals surface area (Å²) < 4.78 is 5.92. The number of ether oxygens (including phenoxy) is 1. The predicted molar refractivity (Wildman–Crippen MR) is 71.0 cm³/mol. The highest BCUT2D eigenvalue weighted by Crippen LogP contribution is 2.59. The molecule has 2 aliphatic carbocycles. The molecule has 3 aliphatic rings. The van der Waals surface area contributed by atoms with Gasteiger partial charge in [0.25, 0.3) is 0 Å². The Balaban J connectivity index is 1.99. The summed E-state index contributed by atoms with van der Waals surface area (Å²) >= 11 is 0. The normalized spacial score (nSPS) is 34.7. The second-order valence-electron chi connectivity index (χ2n) is 5.99. The van der Waals surface area contributed by atoms with Gasteiger partial charge >= 0.3 is 0 Å². The fraction of sp³-hybridized carbons (Fsp3) is 0.375. The largest absolute Gasteiger partial charge is 0.508 e. The summed E-state index contributed by atoms with van der Waals surface area (Å²) in [5.41, 5.74) is 2.87. The summed E-state index contributed by atoms with van der Waals surface area (Å²) in [4.78, 5) is 0. The first-order valence-electron chi connectivity index (χ1n) is 6.64. The van der Waals surface area contributed by atoms with Gasteiger partial charge in [-0.1, -0.05) is 25.2 Å². The minimum absolute atomic E-state index is 0.0382. The molecule has 3 heteroatoms. The number of phenolic OH excluding ortho intramolecular Hbond substituents is 2. The number of aromatic hydroxyl groups is 2. The Kier molecular flexibility index (Phi) is 2.00. The molecule has 0 bridgehead atoms. The summed E-state index contributed by atoms with van der Waals surface area (Å²) in [7, 11) is 0. The van der Waals surface area contributed by atoms with Gasteiger partial charge < -0.3 is 14.9 Å². The average molecular weight is 256 g/mol. The quantitative estimate of drug-likeness (QED) is 0.702. The van der Waals surface area contributed by atoms with E-state index in [0.29, 0.717) is 6.61 Å². The molecule has 4 rings (SSSR count). The molecule has 0 spiro atoms. The van der Waals surface area contributed by atoms with Crippen LogP contribution in [0.5, 0.6) is 11.5 Å². The highest BCUT2D eigenvalue weighted by molar-refractivity contribution is 5.54. The lowest BCUT2D eigenvalue weighted by Crippen LogP contribution is -2.37. The van der Waals surface area contributed by atoms with Crippen LogP contribution in [0, 0.1) is 11.3 Å². The van der Waals surface area contributed by atoms with E-state index < -0.39 is 0 Å². The topological polar surface area (TPSA) is 49.7 Å². The average Bonchev–Trinajstić information content (AvgIpc) is 2.80. The third-order valence-electron chi connectivity index (χ3n) is 4.78. The third-order valence-corrected chi connectivity index (χ3v) is 4.78. The molecule has 3 nitrogen and oxygen atoms in total. The van der Waals surface area contributed by atoms with Gasteiger partial charge in [-0.2, -0.15) is 0 Å². The van der Waals surface area contributed by atoms with E-state index in [1.165, 1.54) is 5.57 Å². The van der Waals surface area contributed by atoms with Crippen LogP contribution in [0.15, 0.2) is 35.9 Å².